The Kier molecular flexibility index (Phi) is 12.7. The number of phenolic OH excluding ortho intramolecular Hbond substituents is 1. The zero-order chi connectivity index (χ0) is 35.0. The van der Waals surface area contributed by atoms with Crippen molar-refractivity contribution in [1.29, 1.82) is 0 Å². The molecular formula is C43H61N3O4. The van der Waals surface area contributed by atoms with Crippen molar-refractivity contribution in [2.45, 2.75) is 154 Å². The summed E-state index contributed by atoms with van der Waals surface area (Å²) in [5.74, 6) is 9.18. The third-order valence-electron chi connectivity index (χ3n) is 12.1. The fourth-order valence-corrected chi connectivity index (χ4v) is 9.57. The van der Waals surface area contributed by atoms with Crippen molar-refractivity contribution in [3.63, 3.8) is 0 Å². The van der Waals surface area contributed by atoms with Crippen LogP contribution in [0.1, 0.15) is 146 Å². The van der Waals surface area contributed by atoms with Crippen molar-refractivity contribution >= 4 is 11.7 Å². The average Bonchev–Trinajstić information content (AvgIpc) is 3.61. The van der Waals surface area contributed by atoms with Gasteiger partial charge in [0.15, 0.2) is 23.2 Å². The van der Waals surface area contributed by atoms with E-state index in [9.17, 15) is 9.90 Å². The van der Waals surface area contributed by atoms with E-state index in [1.54, 1.807) is 6.08 Å². The van der Waals surface area contributed by atoms with Crippen LogP contribution in [0.15, 0.2) is 34.9 Å². The number of allylic oxidation sites excluding steroid dienone is 4. The van der Waals surface area contributed by atoms with Crippen LogP contribution in [0.4, 0.5) is 0 Å². The molecule has 5 aliphatic carbocycles. The van der Waals surface area contributed by atoms with E-state index < -0.39 is 0 Å². The number of aromatic hydroxyl groups is 1. The number of fused-ring (bicyclic) bond motifs is 6. The molecule has 0 amide bonds. The highest BCUT2D eigenvalue weighted by molar-refractivity contribution is 5.89. The van der Waals surface area contributed by atoms with Crippen LogP contribution in [0.3, 0.4) is 0 Å². The lowest BCUT2D eigenvalue weighted by atomic mass is 9.58. The Labute approximate surface area is 300 Å². The summed E-state index contributed by atoms with van der Waals surface area (Å²) in [6, 6.07) is 1.86. The Bertz CT molecular complexity index is 1490. The molecule has 0 radical (unpaired) electrons. The molecule has 0 unspecified atom stereocenters. The topological polar surface area (TPSA) is 120 Å². The third kappa shape index (κ3) is 8.97. The molecular weight excluding hydrogens is 622 g/mol. The predicted molar refractivity (Wildman–Crippen MR) is 201 cm³/mol. The van der Waals surface area contributed by atoms with Crippen LogP contribution in [-0.2, 0) is 16.0 Å². The summed E-state index contributed by atoms with van der Waals surface area (Å²) in [5, 5.41) is 12.5. The van der Waals surface area contributed by atoms with Crippen molar-refractivity contribution in [3.05, 3.63) is 46.6 Å². The zero-order valence-corrected chi connectivity index (χ0v) is 30.6. The molecule has 7 heteroatoms. The molecule has 0 heterocycles. The molecule has 5 N–H and O–H groups in total. The fourth-order valence-electron chi connectivity index (χ4n) is 9.57. The van der Waals surface area contributed by atoms with Crippen molar-refractivity contribution < 1.29 is 19.4 Å². The van der Waals surface area contributed by atoms with Gasteiger partial charge in [-0.1, -0.05) is 69.1 Å². The second-order valence-corrected chi connectivity index (χ2v) is 16.0. The van der Waals surface area contributed by atoms with E-state index in [2.05, 4.69) is 31.8 Å². The maximum atomic E-state index is 13.1. The van der Waals surface area contributed by atoms with Crippen LogP contribution in [0.2, 0.25) is 0 Å². The number of unbranched alkanes of at least 4 members (excludes halogenated alkanes) is 1. The van der Waals surface area contributed by atoms with E-state index in [0.29, 0.717) is 37.5 Å². The maximum absolute atomic E-state index is 13.1. The number of ether oxygens (including phenoxy) is 2. The molecule has 0 spiro atoms. The Morgan fingerprint density at radius 3 is 2.58 bits per heavy atom. The number of carbonyl (C=O) groups excluding carboxylic acids is 1. The van der Waals surface area contributed by atoms with Crippen LogP contribution in [0.5, 0.6) is 11.5 Å². The summed E-state index contributed by atoms with van der Waals surface area (Å²) in [6.45, 7) is 5.11. The first-order chi connectivity index (χ1) is 24.3. The lowest BCUT2D eigenvalue weighted by Crippen LogP contribution is -2.40. The van der Waals surface area contributed by atoms with E-state index in [1.807, 2.05) is 12.1 Å². The molecule has 50 heavy (non-hydrogen) atoms. The molecule has 3 saturated carbocycles. The monoisotopic (exact) mass is 683 g/mol. The summed E-state index contributed by atoms with van der Waals surface area (Å²) in [5.41, 5.74) is 16.3. The van der Waals surface area contributed by atoms with Gasteiger partial charge < -0.3 is 26.0 Å². The van der Waals surface area contributed by atoms with Crippen LogP contribution < -0.4 is 16.2 Å². The first kappa shape index (κ1) is 36.5. The molecule has 6 atom stereocenters. The number of hydrogen-bond donors (Lipinski definition) is 3. The van der Waals surface area contributed by atoms with Gasteiger partial charge in [-0.25, -0.2) is 4.99 Å². The summed E-state index contributed by atoms with van der Waals surface area (Å²) >= 11 is 0. The number of hydrogen-bond acceptors (Lipinski definition) is 5. The predicted octanol–water partition coefficient (Wildman–Crippen LogP) is 8.40. The summed E-state index contributed by atoms with van der Waals surface area (Å²) in [6.07, 6.45) is 24.2. The molecule has 1 aromatic rings. The maximum Gasteiger partial charge on any atom is 0.186 e. The van der Waals surface area contributed by atoms with Gasteiger partial charge in [-0.3, -0.25) is 4.79 Å². The largest absolute Gasteiger partial charge is 0.504 e. The van der Waals surface area contributed by atoms with Crippen LogP contribution >= 0.6 is 0 Å². The number of nitrogens with zero attached hydrogens (tertiary/aromatic N) is 1. The van der Waals surface area contributed by atoms with Crippen LogP contribution in [0, 0.1) is 35.5 Å². The number of aryl methyl sites for hydroxylation is 1. The van der Waals surface area contributed by atoms with Crippen molar-refractivity contribution in [2.75, 3.05) is 6.61 Å². The number of rotatable bonds is 12. The van der Waals surface area contributed by atoms with Gasteiger partial charge in [0, 0.05) is 29.9 Å². The van der Waals surface area contributed by atoms with Gasteiger partial charge in [-0.15, -0.1) is 0 Å². The molecule has 3 fully saturated rings. The Morgan fingerprint density at radius 2 is 1.82 bits per heavy atom. The number of benzene rings is 1. The van der Waals surface area contributed by atoms with Gasteiger partial charge in [0.25, 0.3) is 0 Å². The molecule has 272 valence electrons. The Hall–Kier alpha value is -3.24. The van der Waals surface area contributed by atoms with Crippen molar-refractivity contribution in [2.24, 2.45) is 40.1 Å². The number of phenols is 1. The average molecular weight is 684 g/mol. The highest BCUT2D eigenvalue weighted by Gasteiger charge is 2.46. The molecule has 5 aliphatic rings. The normalized spacial score (nSPS) is 28.6. The minimum atomic E-state index is -0.139. The van der Waals surface area contributed by atoms with Crippen LogP contribution in [-0.4, -0.2) is 41.7 Å². The molecule has 1 aromatic carbocycles. The Morgan fingerprint density at radius 1 is 1.06 bits per heavy atom. The number of aliphatic imine (C=N–C) groups is 1. The minimum Gasteiger partial charge on any atom is -0.504 e. The lowest BCUT2D eigenvalue weighted by molar-refractivity contribution is -0.114. The smallest absolute Gasteiger partial charge is 0.186 e. The quantitative estimate of drug-likeness (QED) is 0.0669. The summed E-state index contributed by atoms with van der Waals surface area (Å²) in [4.78, 5) is 17.8. The Balaban J connectivity index is 1.51. The second-order valence-electron chi connectivity index (χ2n) is 16.0. The minimum absolute atomic E-state index is 0.000349. The lowest BCUT2D eigenvalue weighted by Gasteiger charge is -2.47. The summed E-state index contributed by atoms with van der Waals surface area (Å²) in [7, 11) is 0. The van der Waals surface area contributed by atoms with Gasteiger partial charge in [-0.2, -0.15) is 0 Å². The van der Waals surface area contributed by atoms with E-state index in [0.717, 1.165) is 87.3 Å². The van der Waals surface area contributed by atoms with Crippen molar-refractivity contribution in [3.8, 4) is 23.3 Å². The molecule has 7 nitrogen and oxygen atoms in total. The number of ketones is 1. The van der Waals surface area contributed by atoms with Crippen LogP contribution in [0.25, 0.3) is 0 Å². The zero-order valence-electron chi connectivity index (χ0n) is 30.6. The van der Waals surface area contributed by atoms with Gasteiger partial charge in [0.05, 0.1) is 24.9 Å². The van der Waals surface area contributed by atoms with E-state index >= 15 is 0 Å². The highest BCUT2D eigenvalue weighted by Crippen LogP contribution is 2.56. The van der Waals surface area contributed by atoms with E-state index in [4.69, 9.17) is 25.9 Å². The first-order valence-corrected chi connectivity index (χ1v) is 19.9. The molecule has 0 aliphatic heterocycles. The summed E-state index contributed by atoms with van der Waals surface area (Å²) < 4.78 is 13.6. The van der Waals surface area contributed by atoms with Gasteiger partial charge in [-0.05, 0) is 118 Å². The van der Waals surface area contributed by atoms with Gasteiger partial charge in [0.2, 0.25) is 0 Å². The van der Waals surface area contributed by atoms with E-state index in [-0.39, 0.29) is 59.4 Å². The third-order valence-corrected chi connectivity index (χ3v) is 12.1. The second kappa shape index (κ2) is 17.3. The fraction of sp³-hybridized carbons (Fsp3) is 0.674. The van der Waals surface area contributed by atoms with E-state index in [1.165, 1.54) is 31.3 Å². The molecule has 0 saturated heterocycles. The van der Waals surface area contributed by atoms with Gasteiger partial charge >= 0.3 is 0 Å². The number of guanidine groups is 1. The van der Waals surface area contributed by atoms with Gasteiger partial charge in [0.1, 0.15) is 0 Å². The standard InChI is InChI=1S/C43H61N3O4/c1-3-4-6-13-33(47)22-21-30-26-39(50-35-16-9-10-17-35)42(48)41-36(30)18-11-12-32(46-43(44)45)25-31-24-29-20-19-28(2)23-37(29)40(41)38(31)27-49-34-14-7-5-8-15-34/h6,13,24,26,28,31-32,34-35,37-38,40,48H,3-5,7-10,12,14-17,19-23,25,27H2,1-2H3,(H4,44,45,46)/t28-,31+,32+,37-,38-,40+/m1/s1. The number of carbonyl (C=O) groups is 1. The molecule has 2 bridgehead atoms. The number of nitrogens with two attached hydrogens (primary N) is 2. The first-order valence-electron chi connectivity index (χ1n) is 19.9. The highest BCUT2D eigenvalue weighted by atomic mass is 16.5. The molecule has 0 aromatic heterocycles. The van der Waals surface area contributed by atoms with Crippen molar-refractivity contribution in [1.82, 2.24) is 0 Å². The molecule has 6 rings (SSSR count). The SMILES string of the molecule is CCCC=CC(=O)CCc1cc(OC2CCCC2)c(O)c2c1C#CC[C@H](N=C(N)N)C[C@@H]1C=C3CC[C@@H](C)C[C@H]3[C@H]2[C@@H]1COC1CCCCC1.